The summed E-state index contributed by atoms with van der Waals surface area (Å²) in [7, 11) is -1.50. The maximum atomic E-state index is 12.6. The highest BCUT2D eigenvalue weighted by Gasteiger charge is 2.58. The zero-order valence-corrected chi connectivity index (χ0v) is 16.7. The second-order valence-corrected chi connectivity index (χ2v) is 9.01. The molecule has 2 aliphatic rings. The minimum Gasteiger partial charge on any atom is -0.456 e. The fourth-order valence-electron chi connectivity index (χ4n) is 3.04. The number of benzene rings is 1. The third-order valence-electron chi connectivity index (χ3n) is 4.55. The molecule has 0 aromatic heterocycles. The molecule has 1 aromatic rings. The van der Waals surface area contributed by atoms with Gasteiger partial charge >= 0.3 is 5.97 Å². The number of β-lactam (4-membered cyclic amide) rings is 1. The van der Waals surface area contributed by atoms with Gasteiger partial charge in [-0.2, -0.15) is 0 Å². The molecule has 0 saturated carbocycles. The van der Waals surface area contributed by atoms with Crippen molar-refractivity contribution in [1.29, 1.82) is 0 Å². The van der Waals surface area contributed by atoms with Gasteiger partial charge in [-0.05, 0) is 24.1 Å². The number of non-ortho nitro benzene ring substituents is 1. The predicted octanol–water partition coefficient (Wildman–Crippen LogP) is 1.49. The van der Waals surface area contributed by atoms with Crippen LogP contribution in [0.5, 0.6) is 0 Å². The summed E-state index contributed by atoms with van der Waals surface area (Å²) in [6.45, 7) is 1.61. The van der Waals surface area contributed by atoms with Crippen molar-refractivity contribution in [2.75, 3.05) is 6.26 Å². The molecule has 1 N–H and O–H groups in total. The van der Waals surface area contributed by atoms with Crippen molar-refractivity contribution in [3.8, 4) is 0 Å². The third kappa shape index (κ3) is 3.56. The Morgan fingerprint density at radius 1 is 1.43 bits per heavy atom. The van der Waals surface area contributed by atoms with Crippen LogP contribution in [0.25, 0.3) is 0 Å². The Balaban J connectivity index is 1.74. The molecule has 11 heteroatoms. The van der Waals surface area contributed by atoms with Gasteiger partial charge in [0, 0.05) is 18.4 Å². The summed E-state index contributed by atoms with van der Waals surface area (Å²) < 4.78 is 17.6. The molecule has 0 spiro atoms. The van der Waals surface area contributed by atoms with Crippen molar-refractivity contribution >= 4 is 40.1 Å². The van der Waals surface area contributed by atoms with Gasteiger partial charge in [-0.15, -0.1) is 0 Å². The molecule has 2 unspecified atom stereocenters. The number of hydrogen-bond donors (Lipinski definition) is 1. The Morgan fingerprint density at radius 2 is 2.07 bits per heavy atom. The maximum absolute atomic E-state index is 12.6. The number of ether oxygens (including phenoxy) is 1. The molecule has 9 nitrogen and oxygen atoms in total. The molecule has 1 fully saturated rings. The fourth-order valence-corrected chi connectivity index (χ4v) is 5.60. The van der Waals surface area contributed by atoms with Gasteiger partial charge in [-0.1, -0.05) is 18.7 Å². The first-order chi connectivity index (χ1) is 13.3. The third-order valence-corrected chi connectivity index (χ3v) is 7.41. The molecule has 28 heavy (non-hydrogen) atoms. The molecule has 0 aliphatic carbocycles. The van der Waals surface area contributed by atoms with Crippen LogP contribution < -0.4 is 0 Å². The van der Waals surface area contributed by atoms with Crippen LogP contribution in [0.3, 0.4) is 0 Å². The highest BCUT2D eigenvalue weighted by molar-refractivity contribution is 8.17. The minimum atomic E-state index is -1.50. The molecule has 150 valence electrons. The SMILES string of the molecule is CC[C@H](O)[C@@H]1C(=O)N2C(C(=O)OCc3ccc([N+](=O)[O-])cc3)=C(S(C)=O)SC12. The summed E-state index contributed by atoms with van der Waals surface area (Å²) in [6, 6.07) is 5.53. The quantitative estimate of drug-likeness (QED) is 0.301. The summed E-state index contributed by atoms with van der Waals surface area (Å²) >= 11 is 1.14. The number of nitrogens with zero attached hydrogens (tertiary/aromatic N) is 2. The molecule has 3 rings (SSSR count). The van der Waals surface area contributed by atoms with Crippen LogP contribution in [0.2, 0.25) is 0 Å². The number of aliphatic hydroxyl groups excluding tert-OH is 1. The highest BCUT2D eigenvalue weighted by Crippen LogP contribution is 2.51. The molecule has 1 amide bonds. The van der Waals surface area contributed by atoms with E-state index in [1.165, 1.54) is 35.4 Å². The number of fused-ring (bicyclic) bond motifs is 1. The van der Waals surface area contributed by atoms with Crippen LogP contribution in [-0.4, -0.2) is 48.7 Å². The van der Waals surface area contributed by atoms with E-state index in [0.717, 1.165) is 11.8 Å². The molecular formula is C17H18N2O7S2. The second-order valence-electron chi connectivity index (χ2n) is 6.31. The van der Waals surface area contributed by atoms with E-state index in [1.807, 2.05) is 0 Å². The van der Waals surface area contributed by atoms with Gasteiger partial charge in [0.25, 0.3) is 5.69 Å². The predicted molar refractivity (Wildman–Crippen MR) is 102 cm³/mol. The van der Waals surface area contributed by atoms with Crippen LogP contribution in [0.15, 0.2) is 34.2 Å². The summed E-state index contributed by atoms with van der Waals surface area (Å²) in [4.78, 5) is 36.4. The molecule has 1 saturated heterocycles. The average Bonchev–Trinajstić information content (AvgIpc) is 3.01. The van der Waals surface area contributed by atoms with Crippen molar-refractivity contribution in [2.45, 2.75) is 31.4 Å². The number of aliphatic hydroxyl groups is 1. The lowest BCUT2D eigenvalue weighted by atomic mass is 9.90. The van der Waals surface area contributed by atoms with Gasteiger partial charge in [-0.25, -0.2) is 4.79 Å². The van der Waals surface area contributed by atoms with Crippen molar-refractivity contribution in [2.24, 2.45) is 5.92 Å². The van der Waals surface area contributed by atoms with Gasteiger partial charge in [0.05, 0.1) is 27.7 Å². The lowest BCUT2D eigenvalue weighted by molar-refractivity contribution is -0.384. The second kappa shape index (κ2) is 8.02. The number of amides is 1. The summed E-state index contributed by atoms with van der Waals surface area (Å²) in [6.07, 6.45) is 0.975. The maximum Gasteiger partial charge on any atom is 0.357 e. The lowest BCUT2D eigenvalue weighted by Crippen LogP contribution is -2.61. The van der Waals surface area contributed by atoms with Crippen LogP contribution in [-0.2, 0) is 31.7 Å². The number of esters is 1. The van der Waals surface area contributed by atoms with Crippen molar-refractivity contribution < 1.29 is 28.6 Å². The Bertz CT molecular complexity index is 884. The van der Waals surface area contributed by atoms with Crippen LogP contribution in [0.4, 0.5) is 5.69 Å². The fraction of sp³-hybridized carbons (Fsp3) is 0.412. The normalized spacial score (nSPS) is 23.1. The molecule has 1 aromatic carbocycles. The molecular weight excluding hydrogens is 408 g/mol. The number of carbonyl (C=O) groups is 2. The van der Waals surface area contributed by atoms with E-state index in [0.29, 0.717) is 12.0 Å². The zero-order chi connectivity index (χ0) is 20.6. The monoisotopic (exact) mass is 426 g/mol. The van der Waals surface area contributed by atoms with E-state index in [4.69, 9.17) is 4.74 Å². The number of nitro groups is 1. The summed E-state index contributed by atoms with van der Waals surface area (Å²) in [5.74, 6) is -1.83. The van der Waals surface area contributed by atoms with E-state index in [9.17, 15) is 29.0 Å². The number of nitro benzene ring substituents is 1. The average molecular weight is 426 g/mol. The lowest BCUT2D eigenvalue weighted by Gasteiger charge is -2.44. The highest BCUT2D eigenvalue weighted by atomic mass is 32.2. The van der Waals surface area contributed by atoms with Crippen LogP contribution in [0.1, 0.15) is 18.9 Å². The Kier molecular flexibility index (Phi) is 5.87. The first kappa shape index (κ1) is 20.5. The Labute approximate surface area is 167 Å². The molecule has 0 radical (unpaired) electrons. The van der Waals surface area contributed by atoms with E-state index in [-0.39, 0.29) is 22.2 Å². The number of thioether (sulfide) groups is 1. The van der Waals surface area contributed by atoms with E-state index < -0.39 is 45.0 Å². The molecule has 2 heterocycles. The Hall–Kier alpha value is -2.24. The summed E-state index contributed by atoms with van der Waals surface area (Å²) in [5.41, 5.74) is 0.403. The standard InChI is InChI=1S/C17H18N2O7S2/c1-3-11(20)12-14(21)18-13(17(28(2)25)27-15(12)18)16(22)26-8-9-4-6-10(7-5-9)19(23)24/h4-7,11-12,15,20H,3,8H2,1-2H3/t11-,12+,15?,28?/m0/s1. The van der Waals surface area contributed by atoms with Gasteiger partial charge in [0.2, 0.25) is 5.91 Å². The van der Waals surface area contributed by atoms with Crippen molar-refractivity contribution in [3.63, 3.8) is 0 Å². The number of rotatable bonds is 7. The minimum absolute atomic E-state index is 0.0534. The van der Waals surface area contributed by atoms with E-state index in [2.05, 4.69) is 0 Å². The number of hydrogen-bond acceptors (Lipinski definition) is 8. The van der Waals surface area contributed by atoms with Crippen LogP contribution >= 0.6 is 11.8 Å². The van der Waals surface area contributed by atoms with Gasteiger partial charge < -0.3 is 9.84 Å². The first-order valence-electron chi connectivity index (χ1n) is 8.42. The van der Waals surface area contributed by atoms with Crippen LogP contribution in [0, 0.1) is 16.0 Å². The van der Waals surface area contributed by atoms with Gasteiger partial charge in [0.15, 0.2) is 5.70 Å². The smallest absolute Gasteiger partial charge is 0.357 e. The Morgan fingerprint density at radius 3 is 2.61 bits per heavy atom. The largest absolute Gasteiger partial charge is 0.456 e. The van der Waals surface area contributed by atoms with E-state index in [1.54, 1.807) is 6.92 Å². The van der Waals surface area contributed by atoms with Gasteiger partial charge in [-0.3, -0.25) is 24.0 Å². The van der Waals surface area contributed by atoms with Crippen molar-refractivity contribution in [1.82, 2.24) is 4.90 Å². The summed E-state index contributed by atoms with van der Waals surface area (Å²) in [5, 5.41) is 20.2. The zero-order valence-electron chi connectivity index (χ0n) is 15.1. The van der Waals surface area contributed by atoms with Crippen molar-refractivity contribution in [3.05, 3.63) is 49.9 Å². The topological polar surface area (TPSA) is 127 Å². The molecule has 2 aliphatic heterocycles. The number of carbonyl (C=O) groups excluding carboxylic acids is 2. The van der Waals surface area contributed by atoms with E-state index >= 15 is 0 Å². The molecule has 4 atom stereocenters. The first-order valence-corrected chi connectivity index (χ1v) is 10.9. The molecule has 0 bridgehead atoms. The van der Waals surface area contributed by atoms with Gasteiger partial charge in [0.1, 0.15) is 16.2 Å².